The molecule has 0 aliphatic heterocycles. The average molecular weight is 713 g/mol. The molecule has 11 rings (SSSR count). The predicted molar refractivity (Wildman–Crippen MR) is 237 cm³/mol. The summed E-state index contributed by atoms with van der Waals surface area (Å²) in [5.41, 5.74) is 16.8. The van der Waals surface area contributed by atoms with Crippen molar-refractivity contribution in [2.24, 2.45) is 0 Å². The van der Waals surface area contributed by atoms with E-state index in [-0.39, 0.29) is 0 Å². The lowest BCUT2D eigenvalue weighted by Crippen LogP contribution is -1.97. The first-order chi connectivity index (χ1) is 27.8. The number of nitrogens with zero attached hydrogens (tertiary/aromatic N) is 2. The van der Waals surface area contributed by atoms with Crippen molar-refractivity contribution in [3.05, 3.63) is 218 Å². The summed E-state index contributed by atoms with van der Waals surface area (Å²) in [4.78, 5) is 0. The number of rotatable bonds is 6. The maximum Gasteiger partial charge on any atom is 0.0547 e. The van der Waals surface area contributed by atoms with Gasteiger partial charge in [0.05, 0.1) is 27.8 Å². The van der Waals surface area contributed by atoms with Crippen LogP contribution in [0, 0.1) is 0 Å². The lowest BCUT2D eigenvalue weighted by Gasteiger charge is -2.14. The maximum absolute atomic E-state index is 2.46. The largest absolute Gasteiger partial charge is 0.309 e. The second kappa shape index (κ2) is 13.2. The molecule has 0 bridgehead atoms. The fraction of sp³-hybridized carbons (Fsp3) is 0. The van der Waals surface area contributed by atoms with E-state index >= 15 is 0 Å². The molecule has 2 aromatic heterocycles. The van der Waals surface area contributed by atoms with E-state index in [9.17, 15) is 0 Å². The van der Waals surface area contributed by atoms with Gasteiger partial charge in [0.25, 0.3) is 0 Å². The first kappa shape index (κ1) is 32.0. The summed E-state index contributed by atoms with van der Waals surface area (Å²) in [6.45, 7) is 0. The van der Waals surface area contributed by atoms with Crippen molar-refractivity contribution in [3.63, 3.8) is 0 Å². The van der Waals surface area contributed by atoms with Crippen LogP contribution in [0.5, 0.6) is 0 Å². The minimum absolute atomic E-state index is 1.16. The maximum atomic E-state index is 2.46. The smallest absolute Gasteiger partial charge is 0.0547 e. The third-order valence-corrected chi connectivity index (χ3v) is 11.3. The van der Waals surface area contributed by atoms with Crippen LogP contribution in [0.4, 0.5) is 0 Å². The summed E-state index contributed by atoms with van der Waals surface area (Å²) in [6, 6.07) is 79.4. The molecule has 0 aliphatic carbocycles. The van der Waals surface area contributed by atoms with Gasteiger partial charge in [-0.3, -0.25) is 0 Å². The van der Waals surface area contributed by atoms with Crippen molar-refractivity contribution in [2.45, 2.75) is 0 Å². The minimum Gasteiger partial charge on any atom is -0.309 e. The van der Waals surface area contributed by atoms with E-state index in [2.05, 4.69) is 228 Å². The molecule has 2 nitrogen and oxygen atoms in total. The van der Waals surface area contributed by atoms with Gasteiger partial charge in [-0.15, -0.1) is 0 Å². The van der Waals surface area contributed by atoms with Crippen LogP contribution < -0.4 is 0 Å². The second-order valence-corrected chi connectivity index (χ2v) is 14.5. The SMILES string of the molecule is c1ccc(-c2ccc(-n3c4ccccc4c4cc(-c5ccc6c(c5)c5ccc(-c7ccccc7)cc5n6-c5ccccc5-c5ccccc5)ccc43)cc2)cc1. The Morgan fingerprint density at radius 1 is 0.232 bits per heavy atom. The fourth-order valence-corrected chi connectivity index (χ4v) is 8.66. The van der Waals surface area contributed by atoms with E-state index in [0.717, 1.165) is 5.69 Å². The molecule has 0 saturated heterocycles. The van der Waals surface area contributed by atoms with Crippen molar-refractivity contribution < 1.29 is 0 Å². The Hall–Kier alpha value is -7.42. The van der Waals surface area contributed by atoms with Crippen LogP contribution >= 0.6 is 0 Å². The van der Waals surface area contributed by atoms with Gasteiger partial charge in [0.15, 0.2) is 0 Å². The summed E-state index contributed by atoms with van der Waals surface area (Å²) in [5, 5.41) is 4.97. The lowest BCUT2D eigenvalue weighted by atomic mass is 9.99. The Kier molecular flexibility index (Phi) is 7.53. The summed E-state index contributed by atoms with van der Waals surface area (Å²) in [5.74, 6) is 0. The normalized spacial score (nSPS) is 11.6. The first-order valence-electron chi connectivity index (χ1n) is 19.3. The van der Waals surface area contributed by atoms with Crippen LogP contribution in [0.2, 0.25) is 0 Å². The zero-order valence-corrected chi connectivity index (χ0v) is 30.7. The van der Waals surface area contributed by atoms with E-state index in [1.165, 1.54) is 93.8 Å². The van der Waals surface area contributed by atoms with Gasteiger partial charge < -0.3 is 9.13 Å². The quantitative estimate of drug-likeness (QED) is 0.162. The highest BCUT2D eigenvalue weighted by Crippen LogP contribution is 2.41. The lowest BCUT2D eigenvalue weighted by molar-refractivity contribution is 1.18. The third-order valence-electron chi connectivity index (χ3n) is 11.3. The average Bonchev–Trinajstić information content (AvgIpc) is 3.79. The molecule has 0 radical (unpaired) electrons. The number of benzene rings is 9. The van der Waals surface area contributed by atoms with E-state index in [1.54, 1.807) is 0 Å². The zero-order chi connectivity index (χ0) is 37.0. The second-order valence-electron chi connectivity index (χ2n) is 14.5. The molecule has 0 N–H and O–H groups in total. The highest BCUT2D eigenvalue weighted by Gasteiger charge is 2.18. The van der Waals surface area contributed by atoms with E-state index < -0.39 is 0 Å². The van der Waals surface area contributed by atoms with Gasteiger partial charge in [-0.2, -0.15) is 0 Å². The number of fused-ring (bicyclic) bond motifs is 6. The van der Waals surface area contributed by atoms with Crippen LogP contribution in [-0.2, 0) is 0 Å². The Labute approximate surface area is 325 Å². The van der Waals surface area contributed by atoms with E-state index in [4.69, 9.17) is 0 Å². The molecule has 0 amide bonds. The van der Waals surface area contributed by atoms with Crippen molar-refractivity contribution in [1.29, 1.82) is 0 Å². The number of para-hydroxylation sites is 2. The molecular formula is C54H36N2. The van der Waals surface area contributed by atoms with E-state index in [1.807, 2.05) is 0 Å². The summed E-state index contributed by atoms with van der Waals surface area (Å²) in [6.07, 6.45) is 0. The van der Waals surface area contributed by atoms with Gasteiger partial charge in [0.2, 0.25) is 0 Å². The monoisotopic (exact) mass is 712 g/mol. The number of aromatic nitrogens is 2. The minimum atomic E-state index is 1.16. The summed E-state index contributed by atoms with van der Waals surface area (Å²) < 4.78 is 4.86. The number of hydrogen-bond donors (Lipinski definition) is 0. The third kappa shape index (κ3) is 5.26. The fourth-order valence-electron chi connectivity index (χ4n) is 8.66. The Bertz CT molecular complexity index is 3210. The molecule has 11 aromatic rings. The highest BCUT2D eigenvalue weighted by atomic mass is 15.0. The van der Waals surface area contributed by atoms with Gasteiger partial charge in [0, 0.05) is 32.8 Å². The van der Waals surface area contributed by atoms with Gasteiger partial charge in [-0.05, 0) is 93.5 Å². The number of hydrogen-bond acceptors (Lipinski definition) is 0. The van der Waals surface area contributed by atoms with Crippen LogP contribution in [0.25, 0.3) is 99.5 Å². The van der Waals surface area contributed by atoms with Crippen LogP contribution in [0.15, 0.2) is 218 Å². The van der Waals surface area contributed by atoms with Gasteiger partial charge in [-0.25, -0.2) is 0 Å². The van der Waals surface area contributed by atoms with Crippen LogP contribution in [0.1, 0.15) is 0 Å². The van der Waals surface area contributed by atoms with Gasteiger partial charge >= 0.3 is 0 Å². The first-order valence-corrected chi connectivity index (χ1v) is 19.3. The molecule has 2 heteroatoms. The Morgan fingerprint density at radius 2 is 0.679 bits per heavy atom. The van der Waals surface area contributed by atoms with Crippen molar-refractivity contribution in [2.75, 3.05) is 0 Å². The standard InChI is InChI=1S/C54H36N2/c1-4-14-37(15-5-1)39-24-29-44(30-25-39)55-51-23-13-11-21-46(51)48-34-41(27-32-52(48)55)42-28-33-53-49(35-42)47-31-26-43(38-16-6-2-7-17-38)36-54(47)56(53)50-22-12-10-20-45(50)40-18-8-3-9-19-40/h1-36H. The highest BCUT2D eigenvalue weighted by molar-refractivity contribution is 6.13. The van der Waals surface area contributed by atoms with Crippen molar-refractivity contribution >= 4 is 43.6 Å². The molecule has 0 atom stereocenters. The molecule has 262 valence electrons. The zero-order valence-electron chi connectivity index (χ0n) is 30.7. The van der Waals surface area contributed by atoms with E-state index in [0.29, 0.717) is 0 Å². The Morgan fingerprint density at radius 3 is 1.36 bits per heavy atom. The summed E-state index contributed by atoms with van der Waals surface area (Å²) >= 11 is 0. The Balaban J connectivity index is 1.08. The molecule has 0 unspecified atom stereocenters. The van der Waals surface area contributed by atoms with Gasteiger partial charge in [-0.1, -0.05) is 164 Å². The van der Waals surface area contributed by atoms with Crippen molar-refractivity contribution in [1.82, 2.24) is 9.13 Å². The molecule has 56 heavy (non-hydrogen) atoms. The predicted octanol–water partition coefficient (Wildman–Crippen LogP) is 14.5. The summed E-state index contributed by atoms with van der Waals surface area (Å²) in [7, 11) is 0. The van der Waals surface area contributed by atoms with Crippen molar-refractivity contribution in [3.8, 4) is 55.9 Å². The van der Waals surface area contributed by atoms with Crippen LogP contribution in [0.3, 0.4) is 0 Å². The molecule has 9 aromatic carbocycles. The molecule has 0 saturated carbocycles. The topological polar surface area (TPSA) is 9.86 Å². The molecule has 0 spiro atoms. The van der Waals surface area contributed by atoms with Crippen LogP contribution in [-0.4, -0.2) is 9.13 Å². The molecule has 2 heterocycles. The molecular weight excluding hydrogens is 677 g/mol. The molecule has 0 fully saturated rings. The molecule has 0 aliphatic rings. The van der Waals surface area contributed by atoms with Gasteiger partial charge in [0.1, 0.15) is 0 Å².